The van der Waals surface area contributed by atoms with Crippen LogP contribution in [0.3, 0.4) is 0 Å². The maximum Gasteiger partial charge on any atom is 0.318 e. The van der Waals surface area contributed by atoms with E-state index in [4.69, 9.17) is 31.0 Å². The first-order valence-corrected chi connectivity index (χ1v) is 16.7. The maximum absolute atomic E-state index is 12.9. The van der Waals surface area contributed by atoms with Crippen molar-refractivity contribution >= 4 is 39.8 Å². The maximum atomic E-state index is 12.9. The highest BCUT2D eigenvalue weighted by Gasteiger charge is 2.52. The first kappa shape index (κ1) is 31.6. The number of carbonyl (C=O) groups excluding carboxylic acids is 1. The van der Waals surface area contributed by atoms with E-state index in [-0.39, 0.29) is 18.4 Å². The van der Waals surface area contributed by atoms with Crippen LogP contribution in [0.25, 0.3) is 10.8 Å². The number of benzene rings is 2. The molecule has 47 heavy (non-hydrogen) atoms. The van der Waals surface area contributed by atoms with Gasteiger partial charge in [0.15, 0.2) is 0 Å². The fourth-order valence-electron chi connectivity index (χ4n) is 7.62. The van der Waals surface area contributed by atoms with Gasteiger partial charge in [-0.25, -0.2) is 4.39 Å². The molecule has 0 N–H and O–H groups in total. The van der Waals surface area contributed by atoms with E-state index in [0.29, 0.717) is 69.5 Å². The van der Waals surface area contributed by atoms with E-state index >= 15 is 0 Å². The van der Waals surface area contributed by atoms with Crippen molar-refractivity contribution in [2.75, 3.05) is 76.1 Å². The number of likely N-dealkylation sites (N-methyl/N-ethyl adjacent to an activating group) is 1. The molecule has 3 aromatic rings. The van der Waals surface area contributed by atoms with Gasteiger partial charge in [0, 0.05) is 54.9 Å². The minimum absolute atomic E-state index is 0.156. The minimum Gasteiger partial charge on any atom is -0.462 e. The average Bonchev–Trinajstić information content (AvgIpc) is 3.48. The highest BCUT2D eigenvalue weighted by molar-refractivity contribution is 6.36. The van der Waals surface area contributed by atoms with Crippen molar-refractivity contribution in [1.29, 1.82) is 5.26 Å². The summed E-state index contributed by atoms with van der Waals surface area (Å²) in [5, 5.41) is 12.4. The largest absolute Gasteiger partial charge is 0.462 e. The van der Waals surface area contributed by atoms with Gasteiger partial charge in [0.2, 0.25) is 5.91 Å². The Labute approximate surface area is 279 Å². The molecule has 4 aliphatic heterocycles. The highest BCUT2D eigenvalue weighted by Crippen LogP contribution is 2.48. The van der Waals surface area contributed by atoms with Gasteiger partial charge in [-0.05, 0) is 56.4 Å². The van der Waals surface area contributed by atoms with Gasteiger partial charge < -0.3 is 29.1 Å². The highest BCUT2D eigenvalue weighted by atomic mass is 35.5. The van der Waals surface area contributed by atoms with Crippen LogP contribution in [0.2, 0.25) is 5.02 Å². The molecule has 0 saturated carbocycles. The molecule has 1 amide bonds. The molecule has 0 aliphatic carbocycles. The van der Waals surface area contributed by atoms with Gasteiger partial charge in [0.25, 0.3) is 0 Å². The molecular weight excluding hydrogens is 621 g/mol. The van der Waals surface area contributed by atoms with Crippen LogP contribution in [0.15, 0.2) is 48.6 Å². The van der Waals surface area contributed by atoms with Crippen LogP contribution >= 0.6 is 11.6 Å². The predicted molar refractivity (Wildman–Crippen MR) is 179 cm³/mol. The Hall–Kier alpha value is -3.98. The first-order chi connectivity index (χ1) is 22.9. The zero-order chi connectivity index (χ0) is 32.5. The van der Waals surface area contributed by atoms with Crippen molar-refractivity contribution in [2.24, 2.45) is 0 Å². The Morgan fingerprint density at radius 1 is 1.17 bits per heavy atom. The molecule has 1 aromatic heterocycles. The molecule has 1 spiro atoms. The number of amides is 1. The first-order valence-electron chi connectivity index (χ1n) is 16.4. The van der Waals surface area contributed by atoms with Gasteiger partial charge in [-0.1, -0.05) is 35.9 Å². The number of hydrogen-bond donors (Lipinski definition) is 0. The lowest BCUT2D eigenvalue weighted by Gasteiger charge is -2.54. The number of rotatable bonds is 8. The summed E-state index contributed by atoms with van der Waals surface area (Å²) in [4.78, 5) is 31.6. The lowest BCUT2D eigenvalue weighted by atomic mass is 9.81. The van der Waals surface area contributed by atoms with Gasteiger partial charge in [-0.2, -0.15) is 15.2 Å². The van der Waals surface area contributed by atoms with Crippen LogP contribution in [-0.4, -0.2) is 104 Å². The molecule has 0 radical (unpaired) electrons. The van der Waals surface area contributed by atoms with E-state index in [2.05, 4.69) is 52.1 Å². The Bertz CT molecular complexity index is 1720. The third kappa shape index (κ3) is 5.77. The van der Waals surface area contributed by atoms with Crippen LogP contribution in [0.5, 0.6) is 6.01 Å². The van der Waals surface area contributed by atoms with Gasteiger partial charge in [0.1, 0.15) is 24.6 Å². The summed E-state index contributed by atoms with van der Waals surface area (Å²) in [6, 6.07) is 14.7. The second kappa shape index (κ2) is 13.3. The molecule has 3 saturated heterocycles. The number of allylic oxidation sites excluding steroid dienone is 1. The summed E-state index contributed by atoms with van der Waals surface area (Å²) in [5.41, 5.74) is 2.43. The number of ether oxygens (including phenoxy) is 2. The fraction of sp³-hybridized carbons (Fsp3) is 0.486. The summed E-state index contributed by atoms with van der Waals surface area (Å²) in [6.07, 6.45) is 5.49. The minimum atomic E-state index is -0.714. The van der Waals surface area contributed by atoms with Crippen LogP contribution in [0, 0.1) is 11.3 Å². The van der Waals surface area contributed by atoms with E-state index in [1.54, 1.807) is 4.90 Å². The molecule has 2 aromatic carbocycles. The average molecular weight is 660 g/mol. The third-order valence-electron chi connectivity index (χ3n) is 10.1. The third-order valence-corrected chi connectivity index (χ3v) is 10.4. The Morgan fingerprint density at radius 3 is 2.72 bits per heavy atom. The molecule has 0 bridgehead atoms. The number of aromatic nitrogens is 2. The van der Waals surface area contributed by atoms with Crippen LogP contribution in [0.1, 0.15) is 30.5 Å². The van der Waals surface area contributed by atoms with E-state index in [9.17, 15) is 14.4 Å². The van der Waals surface area contributed by atoms with Crippen molar-refractivity contribution < 1.29 is 18.7 Å². The molecular formula is C35H39ClFN7O3. The molecule has 12 heteroatoms. The van der Waals surface area contributed by atoms with Gasteiger partial charge in [0.05, 0.1) is 42.5 Å². The number of piperazine rings is 1. The predicted octanol–water partition coefficient (Wildman–Crippen LogP) is 4.50. The quantitative estimate of drug-likeness (QED) is 0.324. The van der Waals surface area contributed by atoms with Crippen molar-refractivity contribution in [1.82, 2.24) is 19.8 Å². The van der Waals surface area contributed by atoms with Crippen LogP contribution in [0.4, 0.5) is 15.9 Å². The second-order valence-corrected chi connectivity index (χ2v) is 13.2. The van der Waals surface area contributed by atoms with Crippen molar-refractivity contribution in [3.8, 4) is 12.1 Å². The molecule has 3 fully saturated rings. The van der Waals surface area contributed by atoms with E-state index in [0.717, 1.165) is 52.9 Å². The normalized spacial score (nSPS) is 22.5. The van der Waals surface area contributed by atoms with Gasteiger partial charge in [-0.15, -0.1) is 0 Å². The standard InChI is InChI=1S/C35H39ClFN7O3/c1-41-16-5-8-26(41)21-47-34-39-32-27(33(40-34)42-18-19-43(25(20-42)12-15-38)30(45)11-4-14-37)13-17-44(35(32)22-46-23-35)29-10-3-7-24-6-2-9-28(36)31(24)29/h2-4,6-7,9-11,25-26H,5,8,12-14,16-23H2,1H3/b11-4+/t25-,26-/m0/s1. The number of nitrogens with zero attached hydrogens (tertiary/aromatic N) is 7. The van der Waals surface area contributed by atoms with Crippen molar-refractivity contribution in [3.05, 3.63) is 64.8 Å². The summed E-state index contributed by atoms with van der Waals surface area (Å²) >= 11 is 6.82. The SMILES string of the molecule is CN1CCC[C@H]1COc1nc(N2CCN(C(=O)/C=C/CF)[C@@H](CC#N)C2)c2c(n1)C1(COC1)N(c1cccc3cccc(Cl)c13)CC2. The number of alkyl halides is 1. The number of likely N-dealkylation sites (tertiary alicyclic amines) is 1. The zero-order valence-electron chi connectivity index (χ0n) is 26.6. The summed E-state index contributed by atoms with van der Waals surface area (Å²) in [6.45, 7) is 3.76. The van der Waals surface area contributed by atoms with E-state index < -0.39 is 12.2 Å². The number of halogens is 2. The molecule has 0 unspecified atom stereocenters. The lowest BCUT2D eigenvalue weighted by Crippen LogP contribution is -2.63. The summed E-state index contributed by atoms with van der Waals surface area (Å²) < 4.78 is 25.1. The summed E-state index contributed by atoms with van der Waals surface area (Å²) in [7, 11) is 2.12. The number of hydrogen-bond acceptors (Lipinski definition) is 9. The molecule has 4 aliphatic rings. The lowest BCUT2D eigenvalue weighted by molar-refractivity contribution is -0.128. The molecule has 7 rings (SSSR count). The Kier molecular flexibility index (Phi) is 8.92. The number of nitriles is 1. The van der Waals surface area contributed by atoms with Crippen molar-refractivity contribution in [2.45, 2.75) is 43.3 Å². The number of carbonyl (C=O) groups is 1. The fourth-order valence-corrected chi connectivity index (χ4v) is 7.90. The van der Waals surface area contributed by atoms with Crippen LogP contribution in [-0.2, 0) is 21.5 Å². The van der Waals surface area contributed by atoms with Gasteiger partial charge >= 0.3 is 6.01 Å². The second-order valence-electron chi connectivity index (χ2n) is 12.8. The number of fused-ring (bicyclic) bond motifs is 3. The number of anilines is 2. The molecule has 5 heterocycles. The van der Waals surface area contributed by atoms with E-state index in [1.807, 2.05) is 12.1 Å². The van der Waals surface area contributed by atoms with Crippen molar-refractivity contribution in [3.63, 3.8) is 0 Å². The Morgan fingerprint density at radius 2 is 2.00 bits per heavy atom. The molecule has 246 valence electrons. The van der Waals surface area contributed by atoms with Gasteiger partial charge in [-0.3, -0.25) is 4.79 Å². The Balaban J connectivity index is 1.29. The smallest absolute Gasteiger partial charge is 0.318 e. The molecule has 2 atom stereocenters. The monoisotopic (exact) mass is 659 g/mol. The summed E-state index contributed by atoms with van der Waals surface area (Å²) in [5.74, 6) is 0.493. The molecule has 10 nitrogen and oxygen atoms in total. The topological polar surface area (TPSA) is 98.1 Å². The van der Waals surface area contributed by atoms with Crippen LogP contribution < -0.4 is 14.5 Å². The van der Waals surface area contributed by atoms with E-state index in [1.165, 1.54) is 12.2 Å². The zero-order valence-corrected chi connectivity index (χ0v) is 27.3.